The number of nitrogens with zero attached hydrogens (tertiary/aromatic N) is 1. The summed E-state index contributed by atoms with van der Waals surface area (Å²) in [6.45, 7) is 2.57. The van der Waals surface area contributed by atoms with Crippen LogP contribution >= 0.6 is 0 Å². The molecule has 0 amide bonds. The summed E-state index contributed by atoms with van der Waals surface area (Å²) in [4.78, 5) is 0. The number of nitrogen functional groups attached to an aromatic ring is 1. The molecule has 1 aromatic rings. The molecule has 1 aromatic carbocycles. The van der Waals surface area contributed by atoms with Gasteiger partial charge in [-0.15, -0.1) is 0 Å². The molecule has 0 aromatic heterocycles. The quantitative estimate of drug-likeness (QED) is 0.825. The lowest BCUT2D eigenvalue weighted by Gasteiger charge is -2.32. The first-order valence-electron chi connectivity index (χ1n) is 6.96. The zero-order valence-corrected chi connectivity index (χ0v) is 12.6. The Balaban J connectivity index is 1.85. The molecule has 0 saturated carbocycles. The van der Waals surface area contributed by atoms with Crippen molar-refractivity contribution in [1.82, 2.24) is 4.31 Å². The Kier molecular flexibility index (Phi) is 3.58. The number of nitrogens with one attached hydrogen (secondary N) is 1. The van der Waals surface area contributed by atoms with Crippen LogP contribution in [-0.4, -0.2) is 32.1 Å². The summed E-state index contributed by atoms with van der Waals surface area (Å²) in [7, 11) is -3.62. The molecule has 7 nitrogen and oxygen atoms in total. The summed E-state index contributed by atoms with van der Waals surface area (Å²) in [5.74, 6) is 1.02. The molecule has 0 spiro atoms. The van der Waals surface area contributed by atoms with E-state index in [1.165, 1.54) is 4.31 Å². The lowest BCUT2D eigenvalue weighted by molar-refractivity contribution is 0.174. The van der Waals surface area contributed by atoms with Crippen LogP contribution in [0.3, 0.4) is 0 Å². The van der Waals surface area contributed by atoms with Gasteiger partial charge in [0.15, 0.2) is 11.5 Å². The van der Waals surface area contributed by atoms with Gasteiger partial charge in [0.2, 0.25) is 6.79 Å². The van der Waals surface area contributed by atoms with Crippen molar-refractivity contribution in [2.24, 2.45) is 0 Å². The highest BCUT2D eigenvalue weighted by atomic mass is 32.2. The van der Waals surface area contributed by atoms with Crippen LogP contribution in [0.5, 0.6) is 11.5 Å². The van der Waals surface area contributed by atoms with Gasteiger partial charge in [0.05, 0.1) is 11.4 Å². The molecular weight excluding hydrogens is 294 g/mol. The molecule has 21 heavy (non-hydrogen) atoms. The van der Waals surface area contributed by atoms with Crippen LogP contribution in [0.4, 0.5) is 11.4 Å². The normalized spacial score (nSPS) is 22.2. The number of ether oxygens (including phenoxy) is 2. The molecule has 116 valence electrons. The smallest absolute Gasteiger partial charge is 0.301 e. The largest absolute Gasteiger partial charge is 0.454 e. The number of anilines is 2. The number of hydrogen-bond acceptors (Lipinski definition) is 5. The first-order valence-corrected chi connectivity index (χ1v) is 8.40. The molecule has 2 aliphatic rings. The van der Waals surface area contributed by atoms with Crippen molar-refractivity contribution >= 4 is 21.6 Å². The first kappa shape index (κ1) is 14.3. The van der Waals surface area contributed by atoms with E-state index < -0.39 is 10.2 Å². The van der Waals surface area contributed by atoms with E-state index in [1.54, 1.807) is 12.1 Å². The van der Waals surface area contributed by atoms with Crippen molar-refractivity contribution in [2.75, 3.05) is 23.8 Å². The van der Waals surface area contributed by atoms with Gasteiger partial charge in [0.1, 0.15) is 0 Å². The third-order valence-corrected chi connectivity index (χ3v) is 5.47. The average molecular weight is 313 g/mol. The maximum Gasteiger partial charge on any atom is 0.301 e. The predicted molar refractivity (Wildman–Crippen MR) is 79.5 cm³/mol. The molecule has 2 heterocycles. The zero-order chi connectivity index (χ0) is 15.0. The maximum absolute atomic E-state index is 12.5. The topological polar surface area (TPSA) is 93.9 Å². The average Bonchev–Trinajstić information content (AvgIpc) is 2.86. The van der Waals surface area contributed by atoms with Crippen molar-refractivity contribution in [2.45, 2.75) is 32.2 Å². The van der Waals surface area contributed by atoms with Crippen LogP contribution in [0.15, 0.2) is 12.1 Å². The number of hydrogen-bond donors (Lipinski definition) is 2. The molecule has 3 N–H and O–H groups in total. The molecule has 1 atom stereocenters. The second-order valence-electron chi connectivity index (χ2n) is 5.36. The lowest BCUT2D eigenvalue weighted by atomic mass is 10.1. The Labute approximate surface area is 124 Å². The Morgan fingerprint density at radius 3 is 2.71 bits per heavy atom. The SMILES string of the molecule is CC1CCCCN1S(=O)(=O)Nc1cc2c(cc1N)OCO2. The van der Waals surface area contributed by atoms with Crippen LogP contribution in [0, 0.1) is 0 Å². The van der Waals surface area contributed by atoms with Crippen LogP contribution < -0.4 is 19.9 Å². The summed E-state index contributed by atoms with van der Waals surface area (Å²) in [6, 6.07) is 3.12. The molecule has 2 aliphatic heterocycles. The monoisotopic (exact) mass is 313 g/mol. The Bertz CT molecular complexity index is 647. The second kappa shape index (κ2) is 5.27. The predicted octanol–water partition coefficient (Wildman–Crippen LogP) is 1.53. The molecule has 0 bridgehead atoms. The van der Waals surface area contributed by atoms with Gasteiger partial charge in [-0.25, -0.2) is 0 Å². The second-order valence-corrected chi connectivity index (χ2v) is 6.98. The fourth-order valence-electron chi connectivity index (χ4n) is 2.67. The zero-order valence-electron chi connectivity index (χ0n) is 11.8. The van der Waals surface area contributed by atoms with Gasteiger partial charge in [-0.3, -0.25) is 4.72 Å². The van der Waals surface area contributed by atoms with Crippen LogP contribution in [0.1, 0.15) is 26.2 Å². The van der Waals surface area contributed by atoms with E-state index in [0.29, 0.717) is 29.4 Å². The van der Waals surface area contributed by atoms with Crippen LogP contribution in [0.25, 0.3) is 0 Å². The Morgan fingerprint density at radius 2 is 2.00 bits per heavy atom. The van der Waals surface area contributed by atoms with Gasteiger partial charge in [-0.2, -0.15) is 12.7 Å². The minimum atomic E-state index is -3.62. The highest BCUT2D eigenvalue weighted by molar-refractivity contribution is 7.90. The molecule has 1 saturated heterocycles. The highest BCUT2D eigenvalue weighted by Gasteiger charge is 2.30. The third kappa shape index (κ3) is 2.73. The number of fused-ring (bicyclic) bond motifs is 1. The van der Waals surface area contributed by atoms with Crippen LogP contribution in [-0.2, 0) is 10.2 Å². The Morgan fingerprint density at radius 1 is 1.29 bits per heavy atom. The number of rotatable bonds is 3. The van der Waals surface area contributed by atoms with Crippen molar-refractivity contribution in [3.05, 3.63) is 12.1 Å². The van der Waals surface area contributed by atoms with E-state index in [1.807, 2.05) is 6.92 Å². The molecule has 3 rings (SSSR count). The summed E-state index contributed by atoms with van der Waals surface area (Å²) in [6.07, 6.45) is 2.80. The summed E-state index contributed by atoms with van der Waals surface area (Å²) < 4.78 is 39.5. The van der Waals surface area contributed by atoms with E-state index in [0.717, 1.165) is 19.3 Å². The summed E-state index contributed by atoms with van der Waals surface area (Å²) >= 11 is 0. The molecular formula is C13H19N3O4S. The third-order valence-electron chi connectivity index (χ3n) is 3.83. The van der Waals surface area contributed by atoms with Crippen LogP contribution in [0.2, 0.25) is 0 Å². The molecule has 1 unspecified atom stereocenters. The molecule has 8 heteroatoms. The fraction of sp³-hybridized carbons (Fsp3) is 0.538. The van der Waals surface area contributed by atoms with E-state index in [-0.39, 0.29) is 12.8 Å². The van der Waals surface area contributed by atoms with E-state index in [4.69, 9.17) is 15.2 Å². The van der Waals surface area contributed by atoms with E-state index in [9.17, 15) is 8.42 Å². The van der Waals surface area contributed by atoms with Gasteiger partial charge in [0, 0.05) is 24.7 Å². The van der Waals surface area contributed by atoms with Crippen molar-refractivity contribution in [3.63, 3.8) is 0 Å². The van der Waals surface area contributed by atoms with Gasteiger partial charge in [-0.1, -0.05) is 6.42 Å². The van der Waals surface area contributed by atoms with E-state index >= 15 is 0 Å². The standard InChI is InChI=1S/C13H19N3O4S/c1-9-4-2-3-5-16(9)21(17,18)15-11-7-13-12(6-10(11)14)19-8-20-13/h6-7,9,15H,2-5,8,14H2,1H3. The minimum absolute atomic E-state index is 0.00788. The first-order chi connectivity index (χ1) is 9.97. The van der Waals surface area contributed by atoms with Gasteiger partial charge >= 0.3 is 10.2 Å². The van der Waals surface area contributed by atoms with Gasteiger partial charge < -0.3 is 15.2 Å². The highest BCUT2D eigenvalue weighted by Crippen LogP contribution is 2.39. The van der Waals surface area contributed by atoms with Gasteiger partial charge in [-0.05, 0) is 19.8 Å². The molecule has 0 radical (unpaired) electrons. The minimum Gasteiger partial charge on any atom is -0.454 e. The van der Waals surface area contributed by atoms with Crippen molar-refractivity contribution in [3.8, 4) is 11.5 Å². The lowest BCUT2D eigenvalue weighted by Crippen LogP contribution is -2.44. The number of nitrogens with two attached hydrogens (primary N) is 1. The molecule has 0 aliphatic carbocycles. The van der Waals surface area contributed by atoms with Crippen molar-refractivity contribution in [1.29, 1.82) is 0 Å². The number of piperidine rings is 1. The van der Waals surface area contributed by atoms with E-state index in [2.05, 4.69) is 4.72 Å². The summed E-state index contributed by atoms with van der Waals surface area (Å²) in [5, 5.41) is 0. The summed E-state index contributed by atoms with van der Waals surface area (Å²) in [5.41, 5.74) is 6.51. The molecule has 1 fully saturated rings. The van der Waals surface area contributed by atoms with Crippen molar-refractivity contribution < 1.29 is 17.9 Å². The Hall–Kier alpha value is -1.67. The van der Waals surface area contributed by atoms with Gasteiger partial charge in [0.25, 0.3) is 0 Å². The fourth-order valence-corrected chi connectivity index (χ4v) is 4.19. The maximum atomic E-state index is 12.5. The number of benzene rings is 1.